The van der Waals surface area contributed by atoms with Gasteiger partial charge in [0, 0.05) is 18.2 Å². The highest BCUT2D eigenvalue weighted by atomic mass is 16.5. The second kappa shape index (κ2) is 6.43. The lowest BCUT2D eigenvalue weighted by Crippen LogP contribution is -2.05. The molecule has 22 heavy (non-hydrogen) atoms. The Morgan fingerprint density at radius 1 is 1.05 bits per heavy atom. The van der Waals surface area contributed by atoms with Gasteiger partial charge in [0.2, 0.25) is 11.3 Å². The van der Waals surface area contributed by atoms with Gasteiger partial charge in [-0.2, -0.15) is 0 Å². The van der Waals surface area contributed by atoms with Crippen LogP contribution in [0.2, 0.25) is 0 Å². The summed E-state index contributed by atoms with van der Waals surface area (Å²) in [6.07, 6.45) is 0. The van der Waals surface area contributed by atoms with Gasteiger partial charge in [-0.15, -0.1) is 0 Å². The number of ether oxygens (including phenoxy) is 1. The van der Waals surface area contributed by atoms with E-state index in [1.807, 2.05) is 37.3 Å². The molecule has 0 saturated carbocycles. The molecule has 0 atom stereocenters. The van der Waals surface area contributed by atoms with E-state index < -0.39 is 0 Å². The molecule has 4 heteroatoms. The summed E-state index contributed by atoms with van der Waals surface area (Å²) in [6, 6.07) is 11.1. The van der Waals surface area contributed by atoms with Crippen molar-refractivity contribution in [3.8, 4) is 16.9 Å². The molecule has 1 amide bonds. The highest BCUT2D eigenvalue weighted by molar-refractivity contribution is 5.89. The van der Waals surface area contributed by atoms with Crippen LogP contribution in [0.15, 0.2) is 41.2 Å². The summed E-state index contributed by atoms with van der Waals surface area (Å²) in [5.74, 6) is 0.239. The smallest absolute Gasteiger partial charge is 0.223 e. The van der Waals surface area contributed by atoms with Crippen LogP contribution < -0.4 is 15.5 Å². The summed E-state index contributed by atoms with van der Waals surface area (Å²) in [5, 5.41) is 2.73. The van der Waals surface area contributed by atoms with Crippen molar-refractivity contribution in [1.29, 1.82) is 0 Å². The first-order valence-corrected chi connectivity index (χ1v) is 7.00. The fourth-order valence-corrected chi connectivity index (χ4v) is 2.33. The van der Waals surface area contributed by atoms with Gasteiger partial charge in [-0.25, -0.2) is 0 Å². The van der Waals surface area contributed by atoms with Gasteiger partial charge in [0.15, 0.2) is 5.75 Å². The predicted octanol–water partition coefficient (Wildman–Crippen LogP) is 3.30. The van der Waals surface area contributed by atoms with E-state index in [0.717, 1.165) is 22.4 Å². The van der Waals surface area contributed by atoms with Crippen LogP contribution in [0.4, 0.5) is 5.69 Å². The molecule has 0 aliphatic rings. The molecule has 0 unspecified atom stereocenters. The zero-order chi connectivity index (χ0) is 16.3. The van der Waals surface area contributed by atoms with Gasteiger partial charge in [-0.3, -0.25) is 9.59 Å². The molecular weight excluding hydrogens is 278 g/mol. The van der Waals surface area contributed by atoms with Gasteiger partial charge in [0.1, 0.15) is 0 Å². The average Bonchev–Trinajstić information content (AvgIpc) is 2.59. The van der Waals surface area contributed by atoms with Crippen LogP contribution in [0, 0.1) is 13.8 Å². The minimum Gasteiger partial charge on any atom is -0.493 e. The Bertz CT molecular complexity index is 764. The Morgan fingerprint density at radius 3 is 2.23 bits per heavy atom. The molecule has 0 saturated heterocycles. The first-order valence-electron chi connectivity index (χ1n) is 7.00. The number of benzene rings is 1. The number of hydrogen-bond donors (Lipinski definition) is 1. The van der Waals surface area contributed by atoms with Gasteiger partial charge in [-0.05, 0) is 54.8 Å². The molecule has 0 fully saturated rings. The van der Waals surface area contributed by atoms with Crippen molar-refractivity contribution in [3.05, 3.63) is 57.7 Å². The Hall–Kier alpha value is -2.62. The van der Waals surface area contributed by atoms with Gasteiger partial charge in [-0.1, -0.05) is 12.1 Å². The lowest BCUT2D eigenvalue weighted by Gasteiger charge is -2.06. The van der Waals surface area contributed by atoms with Crippen molar-refractivity contribution >= 4 is 11.6 Å². The Labute approximate surface area is 129 Å². The topological polar surface area (TPSA) is 55.4 Å². The molecule has 2 aromatic carbocycles. The minimum absolute atomic E-state index is 0.105. The van der Waals surface area contributed by atoms with Crippen LogP contribution in [-0.2, 0) is 4.79 Å². The standard InChI is InChI=1S/C18H19NO3/c1-11-10-17(22-4)18(21)12(2)9-16(11)14-5-7-15(8-6-14)19-13(3)20/h5-10H,1-4H3,(H,19,20). The summed E-state index contributed by atoms with van der Waals surface area (Å²) in [7, 11) is 1.50. The highest BCUT2D eigenvalue weighted by Crippen LogP contribution is 2.26. The van der Waals surface area contributed by atoms with Crippen LogP contribution in [0.5, 0.6) is 5.75 Å². The van der Waals surface area contributed by atoms with Crippen molar-refractivity contribution in [2.75, 3.05) is 12.4 Å². The molecular formula is C18H19NO3. The number of hydrogen-bond acceptors (Lipinski definition) is 3. The molecule has 0 radical (unpaired) electrons. The van der Waals surface area contributed by atoms with E-state index >= 15 is 0 Å². The summed E-state index contributed by atoms with van der Waals surface area (Å²) >= 11 is 0. The molecule has 0 aliphatic heterocycles. The van der Waals surface area contributed by atoms with E-state index in [2.05, 4.69) is 5.32 Å². The number of aryl methyl sites for hydroxylation is 2. The summed E-state index contributed by atoms with van der Waals surface area (Å²) in [5.41, 5.74) is 4.17. The van der Waals surface area contributed by atoms with E-state index in [1.165, 1.54) is 14.0 Å². The number of anilines is 1. The molecule has 0 bridgehead atoms. The second-order valence-electron chi connectivity index (χ2n) is 5.22. The maximum atomic E-state index is 12.1. The Morgan fingerprint density at radius 2 is 1.68 bits per heavy atom. The summed E-state index contributed by atoms with van der Waals surface area (Å²) < 4.78 is 5.16. The molecule has 0 spiro atoms. The molecule has 114 valence electrons. The molecule has 1 N–H and O–H groups in total. The summed E-state index contributed by atoms with van der Waals surface area (Å²) in [4.78, 5) is 23.2. The zero-order valence-electron chi connectivity index (χ0n) is 13.2. The van der Waals surface area contributed by atoms with E-state index in [0.29, 0.717) is 11.3 Å². The molecule has 0 heterocycles. The second-order valence-corrected chi connectivity index (χ2v) is 5.22. The Kier molecular flexibility index (Phi) is 4.61. The fourth-order valence-electron chi connectivity index (χ4n) is 2.33. The van der Waals surface area contributed by atoms with E-state index in [4.69, 9.17) is 4.74 Å². The van der Waals surface area contributed by atoms with Gasteiger partial charge in [0.05, 0.1) is 7.11 Å². The van der Waals surface area contributed by atoms with E-state index in [9.17, 15) is 9.59 Å². The third-order valence-electron chi connectivity index (χ3n) is 3.45. The molecule has 2 aromatic rings. The van der Waals surface area contributed by atoms with Crippen molar-refractivity contribution in [1.82, 2.24) is 0 Å². The van der Waals surface area contributed by atoms with Gasteiger partial charge < -0.3 is 10.1 Å². The van der Waals surface area contributed by atoms with Crippen molar-refractivity contribution in [2.45, 2.75) is 20.8 Å². The number of rotatable bonds is 3. The van der Waals surface area contributed by atoms with Crippen LogP contribution in [-0.4, -0.2) is 13.0 Å². The van der Waals surface area contributed by atoms with Crippen molar-refractivity contribution in [2.24, 2.45) is 0 Å². The fraction of sp³-hybridized carbons (Fsp3) is 0.222. The summed E-state index contributed by atoms with van der Waals surface area (Å²) in [6.45, 7) is 5.19. The first kappa shape index (κ1) is 15.8. The Balaban J connectivity index is 2.53. The number of methoxy groups -OCH3 is 1. The van der Waals surface area contributed by atoms with Crippen LogP contribution in [0.3, 0.4) is 0 Å². The third kappa shape index (κ3) is 3.34. The molecule has 2 rings (SSSR count). The molecule has 0 aliphatic carbocycles. The SMILES string of the molecule is COc1cc(C)c(-c2ccc(NC(C)=O)cc2)cc(C)c1=O. The average molecular weight is 297 g/mol. The quantitative estimate of drug-likeness (QED) is 0.945. The van der Waals surface area contributed by atoms with Crippen molar-refractivity contribution < 1.29 is 9.53 Å². The van der Waals surface area contributed by atoms with Crippen LogP contribution in [0.25, 0.3) is 11.1 Å². The highest BCUT2D eigenvalue weighted by Gasteiger charge is 2.08. The van der Waals surface area contributed by atoms with Crippen molar-refractivity contribution in [3.63, 3.8) is 0 Å². The van der Waals surface area contributed by atoms with Gasteiger partial charge in [0.25, 0.3) is 0 Å². The largest absolute Gasteiger partial charge is 0.493 e. The maximum absolute atomic E-state index is 12.1. The third-order valence-corrected chi connectivity index (χ3v) is 3.45. The lowest BCUT2D eigenvalue weighted by molar-refractivity contribution is -0.114. The lowest BCUT2D eigenvalue weighted by atomic mass is 10.0. The molecule has 4 nitrogen and oxygen atoms in total. The number of amides is 1. The predicted molar refractivity (Wildman–Crippen MR) is 88.5 cm³/mol. The normalized spacial score (nSPS) is 10.2. The zero-order valence-corrected chi connectivity index (χ0v) is 13.2. The van der Waals surface area contributed by atoms with Crippen LogP contribution in [0.1, 0.15) is 18.1 Å². The van der Waals surface area contributed by atoms with E-state index in [-0.39, 0.29) is 11.3 Å². The maximum Gasteiger partial charge on any atom is 0.223 e. The molecule has 0 aromatic heterocycles. The number of carbonyl (C=O) groups excluding carboxylic acids is 1. The number of nitrogens with one attached hydrogen (secondary N) is 1. The van der Waals surface area contributed by atoms with Gasteiger partial charge >= 0.3 is 0 Å². The van der Waals surface area contributed by atoms with Crippen LogP contribution >= 0.6 is 0 Å². The first-order chi connectivity index (χ1) is 10.4. The number of carbonyl (C=O) groups is 1. The minimum atomic E-state index is -0.105. The van der Waals surface area contributed by atoms with E-state index in [1.54, 1.807) is 13.0 Å². The monoisotopic (exact) mass is 297 g/mol.